The molecule has 0 saturated carbocycles. The summed E-state index contributed by atoms with van der Waals surface area (Å²) in [5.41, 5.74) is 1.58. The lowest BCUT2D eigenvalue weighted by Gasteiger charge is -2.22. The maximum atomic E-state index is 12.4. The minimum absolute atomic E-state index is 0.182. The second-order valence-corrected chi connectivity index (χ2v) is 4.86. The van der Waals surface area contributed by atoms with Gasteiger partial charge in [-0.2, -0.15) is 5.10 Å². The summed E-state index contributed by atoms with van der Waals surface area (Å²) in [5.74, 6) is -1.21. The molecule has 1 aromatic heterocycles. The van der Waals surface area contributed by atoms with E-state index in [0.29, 0.717) is 18.7 Å². The molecule has 1 unspecified atom stereocenters. The number of nitrogens with zero attached hydrogens (tertiary/aromatic N) is 4. The highest BCUT2D eigenvalue weighted by Gasteiger charge is 2.37. The van der Waals surface area contributed by atoms with Crippen LogP contribution in [0, 0.1) is 0 Å². The number of carboxylic acids is 1. The van der Waals surface area contributed by atoms with Gasteiger partial charge in [0, 0.05) is 18.5 Å². The Balaban J connectivity index is 1.80. The van der Waals surface area contributed by atoms with E-state index in [4.69, 9.17) is 0 Å². The molecule has 1 aliphatic rings. The number of carbonyl (C=O) groups excluding carboxylic acids is 1. The lowest BCUT2D eigenvalue weighted by atomic mass is 10.1. The van der Waals surface area contributed by atoms with Crippen molar-refractivity contribution in [1.82, 2.24) is 14.8 Å². The molecule has 0 spiro atoms. The number of aliphatic carboxylic acids is 1. The van der Waals surface area contributed by atoms with Gasteiger partial charge in [0.15, 0.2) is 0 Å². The molecule has 0 bridgehead atoms. The SMILES string of the molecule is O=C(O)C1Cc2ccccc2N1C(=O)CCn1cncn1. The van der Waals surface area contributed by atoms with Gasteiger partial charge in [0.2, 0.25) is 5.91 Å². The summed E-state index contributed by atoms with van der Waals surface area (Å²) < 4.78 is 1.55. The second-order valence-electron chi connectivity index (χ2n) is 4.86. The number of benzene rings is 1. The van der Waals surface area contributed by atoms with Crippen LogP contribution in [0.3, 0.4) is 0 Å². The first kappa shape index (κ1) is 13.3. The van der Waals surface area contributed by atoms with Crippen LogP contribution < -0.4 is 4.90 Å². The largest absolute Gasteiger partial charge is 0.480 e. The number of anilines is 1. The first-order valence-corrected chi connectivity index (χ1v) is 6.62. The maximum Gasteiger partial charge on any atom is 0.327 e. The standard InChI is InChI=1S/C14H14N4O3/c19-13(5-6-17-9-15-8-16-17)18-11-4-2-1-3-10(11)7-12(18)14(20)21/h1-4,8-9,12H,5-7H2,(H,20,21). The van der Waals surface area contributed by atoms with Crippen LogP contribution in [0.15, 0.2) is 36.9 Å². The molecule has 2 aromatic rings. The molecule has 0 aliphatic carbocycles. The molecule has 0 saturated heterocycles. The van der Waals surface area contributed by atoms with Crippen LogP contribution in [0.25, 0.3) is 0 Å². The summed E-state index contributed by atoms with van der Waals surface area (Å²) in [6.45, 7) is 0.379. The fourth-order valence-electron chi connectivity index (χ4n) is 2.57. The summed E-state index contributed by atoms with van der Waals surface area (Å²) in [6.07, 6.45) is 3.46. The van der Waals surface area contributed by atoms with Gasteiger partial charge >= 0.3 is 5.97 Å². The number of fused-ring (bicyclic) bond motifs is 1. The van der Waals surface area contributed by atoms with E-state index in [2.05, 4.69) is 10.1 Å². The van der Waals surface area contributed by atoms with Crippen molar-refractivity contribution in [3.05, 3.63) is 42.5 Å². The van der Waals surface area contributed by atoms with Crippen LogP contribution in [-0.2, 0) is 22.6 Å². The van der Waals surface area contributed by atoms with E-state index in [1.54, 1.807) is 16.8 Å². The van der Waals surface area contributed by atoms with Gasteiger partial charge in [-0.15, -0.1) is 0 Å². The highest BCUT2D eigenvalue weighted by atomic mass is 16.4. The second kappa shape index (κ2) is 5.35. The molecule has 7 nitrogen and oxygen atoms in total. The average Bonchev–Trinajstić information content (AvgIpc) is 3.11. The van der Waals surface area contributed by atoms with Crippen LogP contribution in [0.1, 0.15) is 12.0 Å². The molecular formula is C14H14N4O3. The number of para-hydroxylation sites is 1. The lowest BCUT2D eigenvalue weighted by molar-refractivity contribution is -0.139. The van der Waals surface area contributed by atoms with Gasteiger partial charge in [-0.05, 0) is 11.6 Å². The number of rotatable bonds is 4. The molecule has 1 aromatic carbocycles. The van der Waals surface area contributed by atoms with E-state index < -0.39 is 12.0 Å². The topological polar surface area (TPSA) is 88.3 Å². The molecule has 1 aliphatic heterocycles. The Labute approximate surface area is 120 Å². The third kappa shape index (κ3) is 2.49. The van der Waals surface area contributed by atoms with E-state index in [9.17, 15) is 14.7 Å². The van der Waals surface area contributed by atoms with E-state index >= 15 is 0 Å². The Morgan fingerprint density at radius 2 is 2.14 bits per heavy atom. The fraction of sp³-hybridized carbons (Fsp3) is 0.286. The number of hydrogen-bond donors (Lipinski definition) is 1. The van der Waals surface area contributed by atoms with Crippen LogP contribution in [0.4, 0.5) is 5.69 Å². The molecule has 1 amide bonds. The molecule has 2 heterocycles. The molecule has 1 atom stereocenters. The first-order valence-electron chi connectivity index (χ1n) is 6.62. The Kier molecular flexibility index (Phi) is 3.39. The number of aryl methyl sites for hydroxylation is 1. The molecule has 3 rings (SSSR count). The highest BCUT2D eigenvalue weighted by molar-refractivity contribution is 6.01. The number of amides is 1. The fourth-order valence-corrected chi connectivity index (χ4v) is 2.57. The van der Waals surface area contributed by atoms with Crippen LogP contribution in [0.5, 0.6) is 0 Å². The van der Waals surface area contributed by atoms with E-state index in [0.717, 1.165) is 5.56 Å². The van der Waals surface area contributed by atoms with Crippen molar-refractivity contribution in [1.29, 1.82) is 0 Å². The molecular weight excluding hydrogens is 272 g/mol. The van der Waals surface area contributed by atoms with Crippen LogP contribution in [-0.4, -0.2) is 37.8 Å². The third-order valence-electron chi connectivity index (χ3n) is 3.55. The Hall–Kier alpha value is -2.70. The average molecular weight is 286 g/mol. The van der Waals surface area contributed by atoms with Gasteiger partial charge < -0.3 is 5.11 Å². The normalized spacial score (nSPS) is 16.8. The molecule has 21 heavy (non-hydrogen) atoms. The van der Waals surface area contributed by atoms with Gasteiger partial charge in [-0.3, -0.25) is 14.4 Å². The summed E-state index contributed by atoms with van der Waals surface area (Å²) >= 11 is 0. The highest BCUT2D eigenvalue weighted by Crippen LogP contribution is 2.32. The Morgan fingerprint density at radius 1 is 1.33 bits per heavy atom. The zero-order chi connectivity index (χ0) is 14.8. The van der Waals surface area contributed by atoms with Gasteiger partial charge in [0.1, 0.15) is 18.7 Å². The predicted molar refractivity (Wildman–Crippen MR) is 73.7 cm³/mol. The molecule has 0 fully saturated rings. The monoisotopic (exact) mass is 286 g/mol. The zero-order valence-electron chi connectivity index (χ0n) is 11.2. The zero-order valence-corrected chi connectivity index (χ0v) is 11.2. The molecule has 1 N–H and O–H groups in total. The quantitative estimate of drug-likeness (QED) is 0.894. The van der Waals surface area contributed by atoms with Crippen molar-refractivity contribution in [3.63, 3.8) is 0 Å². The number of hydrogen-bond acceptors (Lipinski definition) is 4. The van der Waals surface area contributed by atoms with E-state index in [1.807, 2.05) is 12.1 Å². The molecule has 108 valence electrons. The van der Waals surface area contributed by atoms with Crippen molar-refractivity contribution in [2.75, 3.05) is 4.90 Å². The minimum Gasteiger partial charge on any atom is -0.480 e. The summed E-state index contributed by atoms with van der Waals surface area (Å²) in [6, 6.07) is 6.47. The van der Waals surface area contributed by atoms with Crippen molar-refractivity contribution in [2.45, 2.75) is 25.4 Å². The van der Waals surface area contributed by atoms with Gasteiger partial charge in [-0.1, -0.05) is 18.2 Å². The van der Waals surface area contributed by atoms with Crippen molar-refractivity contribution in [3.8, 4) is 0 Å². The first-order chi connectivity index (χ1) is 10.2. The lowest BCUT2D eigenvalue weighted by Crippen LogP contribution is -2.43. The third-order valence-corrected chi connectivity index (χ3v) is 3.55. The van der Waals surface area contributed by atoms with Gasteiger partial charge in [0.25, 0.3) is 0 Å². The van der Waals surface area contributed by atoms with Gasteiger partial charge in [-0.25, -0.2) is 9.78 Å². The number of carboxylic acid groups (broad SMARTS) is 1. The number of aromatic nitrogens is 3. The van der Waals surface area contributed by atoms with Crippen molar-refractivity contribution < 1.29 is 14.7 Å². The Bertz CT molecular complexity index is 669. The van der Waals surface area contributed by atoms with Crippen molar-refractivity contribution >= 4 is 17.6 Å². The van der Waals surface area contributed by atoms with Gasteiger partial charge in [0.05, 0.1) is 6.54 Å². The van der Waals surface area contributed by atoms with Crippen molar-refractivity contribution in [2.24, 2.45) is 0 Å². The summed E-state index contributed by atoms with van der Waals surface area (Å²) in [4.78, 5) is 29.0. The summed E-state index contributed by atoms with van der Waals surface area (Å²) in [7, 11) is 0. The Morgan fingerprint density at radius 3 is 2.86 bits per heavy atom. The summed E-state index contributed by atoms with van der Waals surface area (Å²) in [5, 5.41) is 13.3. The van der Waals surface area contributed by atoms with E-state index in [1.165, 1.54) is 17.6 Å². The predicted octanol–water partition coefficient (Wildman–Crippen LogP) is 0.711. The van der Waals surface area contributed by atoms with E-state index in [-0.39, 0.29) is 12.3 Å². The molecule has 0 radical (unpaired) electrons. The van der Waals surface area contributed by atoms with Crippen LogP contribution in [0.2, 0.25) is 0 Å². The molecule has 7 heteroatoms. The smallest absolute Gasteiger partial charge is 0.327 e. The van der Waals surface area contributed by atoms with Crippen LogP contribution >= 0.6 is 0 Å². The number of carbonyl (C=O) groups is 2. The minimum atomic E-state index is -0.986. The maximum absolute atomic E-state index is 12.4.